The van der Waals surface area contributed by atoms with Crippen molar-refractivity contribution < 1.29 is 9.53 Å². The highest BCUT2D eigenvalue weighted by atomic mass is 16.5. The number of amides is 1. The summed E-state index contributed by atoms with van der Waals surface area (Å²) in [5.74, 6) is 0.121. The third-order valence-corrected chi connectivity index (χ3v) is 4.34. The van der Waals surface area contributed by atoms with Gasteiger partial charge in [-0.05, 0) is 43.4 Å². The lowest BCUT2D eigenvalue weighted by molar-refractivity contribution is 0.0998. The topological polar surface area (TPSA) is 74.3 Å². The molecular formula is C18H20N2O3. The molecule has 0 spiro atoms. The molecule has 1 aromatic heterocycles. The second-order valence-corrected chi connectivity index (χ2v) is 5.85. The number of fused-ring (bicyclic) bond motifs is 1. The van der Waals surface area contributed by atoms with Crippen molar-refractivity contribution in [2.24, 2.45) is 5.73 Å². The van der Waals surface area contributed by atoms with E-state index in [1.54, 1.807) is 13.3 Å². The minimum Gasteiger partial charge on any atom is -0.497 e. The monoisotopic (exact) mass is 312 g/mol. The summed E-state index contributed by atoms with van der Waals surface area (Å²) in [5.41, 5.74) is 8.08. The number of nitrogens with zero attached hydrogens (tertiary/aromatic N) is 1. The standard InChI is InChI=1S/C18H20N2O3/c1-23-13-6-4-5-12(9-13)10-20-11-15(18(19)22)17(21)14-7-2-3-8-16(14)20/h4-6,9,11H,2-3,7-8,10H2,1H3,(H2,19,22). The van der Waals surface area contributed by atoms with Gasteiger partial charge >= 0.3 is 0 Å². The largest absolute Gasteiger partial charge is 0.497 e. The van der Waals surface area contributed by atoms with Gasteiger partial charge in [0.1, 0.15) is 11.3 Å². The number of primary amides is 1. The fourth-order valence-electron chi connectivity index (χ4n) is 3.19. The molecule has 5 heteroatoms. The molecule has 2 aromatic rings. The maximum atomic E-state index is 12.4. The molecule has 3 rings (SSSR count). The average molecular weight is 312 g/mol. The number of carbonyl (C=O) groups excluding carboxylic acids is 1. The molecule has 1 aliphatic carbocycles. The maximum absolute atomic E-state index is 12.4. The molecule has 23 heavy (non-hydrogen) atoms. The van der Waals surface area contributed by atoms with Gasteiger partial charge in [-0.25, -0.2) is 0 Å². The van der Waals surface area contributed by atoms with Gasteiger partial charge in [-0.3, -0.25) is 9.59 Å². The lowest BCUT2D eigenvalue weighted by atomic mass is 9.93. The highest BCUT2D eigenvalue weighted by Crippen LogP contribution is 2.21. The van der Waals surface area contributed by atoms with Crippen LogP contribution in [0.2, 0.25) is 0 Å². The molecule has 1 amide bonds. The number of ether oxygens (including phenoxy) is 1. The summed E-state index contributed by atoms with van der Waals surface area (Å²) >= 11 is 0. The fraction of sp³-hybridized carbons (Fsp3) is 0.333. The normalized spacial score (nSPS) is 13.4. The average Bonchev–Trinajstić information content (AvgIpc) is 2.57. The minimum atomic E-state index is -0.664. The van der Waals surface area contributed by atoms with Crippen molar-refractivity contribution in [1.82, 2.24) is 4.57 Å². The summed E-state index contributed by atoms with van der Waals surface area (Å²) in [4.78, 5) is 24.0. The highest BCUT2D eigenvalue weighted by molar-refractivity contribution is 5.92. The lowest BCUT2D eigenvalue weighted by Crippen LogP contribution is -2.30. The third kappa shape index (κ3) is 2.99. The first-order valence-corrected chi connectivity index (χ1v) is 7.78. The van der Waals surface area contributed by atoms with Crippen LogP contribution >= 0.6 is 0 Å². The molecule has 0 fully saturated rings. The molecular weight excluding hydrogens is 292 g/mol. The van der Waals surface area contributed by atoms with E-state index < -0.39 is 5.91 Å². The summed E-state index contributed by atoms with van der Waals surface area (Å²) < 4.78 is 7.24. The van der Waals surface area contributed by atoms with Crippen LogP contribution in [-0.2, 0) is 19.4 Å². The number of nitrogens with two attached hydrogens (primary N) is 1. The Kier molecular flexibility index (Phi) is 4.19. The van der Waals surface area contributed by atoms with Gasteiger partial charge in [-0.1, -0.05) is 12.1 Å². The van der Waals surface area contributed by atoms with E-state index in [-0.39, 0.29) is 11.0 Å². The molecule has 1 heterocycles. The van der Waals surface area contributed by atoms with Crippen molar-refractivity contribution in [3.63, 3.8) is 0 Å². The zero-order chi connectivity index (χ0) is 16.4. The molecule has 1 aliphatic rings. The van der Waals surface area contributed by atoms with Gasteiger partial charge in [0.2, 0.25) is 0 Å². The van der Waals surface area contributed by atoms with Crippen molar-refractivity contribution in [3.05, 3.63) is 63.1 Å². The Morgan fingerprint density at radius 3 is 2.83 bits per heavy atom. The van der Waals surface area contributed by atoms with Gasteiger partial charge < -0.3 is 15.0 Å². The number of methoxy groups -OCH3 is 1. The van der Waals surface area contributed by atoms with Crippen LogP contribution in [0, 0.1) is 0 Å². The summed E-state index contributed by atoms with van der Waals surface area (Å²) in [7, 11) is 1.63. The van der Waals surface area contributed by atoms with E-state index >= 15 is 0 Å². The van der Waals surface area contributed by atoms with Gasteiger partial charge in [0.05, 0.1) is 7.11 Å². The van der Waals surface area contributed by atoms with E-state index in [0.29, 0.717) is 13.0 Å². The second-order valence-electron chi connectivity index (χ2n) is 5.85. The number of benzene rings is 1. The maximum Gasteiger partial charge on any atom is 0.254 e. The molecule has 0 aliphatic heterocycles. The molecule has 5 nitrogen and oxygen atoms in total. The van der Waals surface area contributed by atoms with Crippen molar-refractivity contribution in [1.29, 1.82) is 0 Å². The Morgan fingerprint density at radius 1 is 1.30 bits per heavy atom. The predicted octanol–water partition coefficient (Wildman–Crippen LogP) is 1.88. The Hall–Kier alpha value is -2.56. The molecule has 0 bridgehead atoms. The molecule has 1 aromatic carbocycles. The van der Waals surface area contributed by atoms with Crippen molar-refractivity contribution in [2.75, 3.05) is 7.11 Å². The van der Waals surface area contributed by atoms with E-state index in [4.69, 9.17) is 10.5 Å². The molecule has 0 saturated heterocycles. The van der Waals surface area contributed by atoms with Gasteiger partial charge in [0.25, 0.3) is 5.91 Å². The summed E-state index contributed by atoms with van der Waals surface area (Å²) in [5, 5.41) is 0. The Balaban J connectivity index is 2.08. The molecule has 0 radical (unpaired) electrons. The zero-order valence-corrected chi connectivity index (χ0v) is 13.2. The molecule has 0 atom stereocenters. The van der Waals surface area contributed by atoms with Crippen LogP contribution in [0.1, 0.15) is 40.0 Å². The third-order valence-electron chi connectivity index (χ3n) is 4.34. The molecule has 120 valence electrons. The van der Waals surface area contributed by atoms with E-state index in [1.807, 2.05) is 28.8 Å². The van der Waals surface area contributed by atoms with E-state index in [2.05, 4.69) is 0 Å². The second kappa shape index (κ2) is 6.28. The van der Waals surface area contributed by atoms with Gasteiger partial charge in [-0.2, -0.15) is 0 Å². The Morgan fingerprint density at radius 2 is 2.09 bits per heavy atom. The van der Waals surface area contributed by atoms with Gasteiger partial charge in [-0.15, -0.1) is 0 Å². The number of carbonyl (C=O) groups is 1. The van der Waals surface area contributed by atoms with Crippen LogP contribution in [0.4, 0.5) is 0 Å². The SMILES string of the molecule is COc1cccc(Cn2cc(C(N)=O)c(=O)c3c2CCCC3)c1. The predicted molar refractivity (Wildman–Crippen MR) is 88.0 cm³/mol. The molecule has 2 N–H and O–H groups in total. The number of hydrogen-bond acceptors (Lipinski definition) is 3. The van der Waals surface area contributed by atoms with Crippen molar-refractivity contribution >= 4 is 5.91 Å². The van der Waals surface area contributed by atoms with Crippen LogP contribution in [0.15, 0.2) is 35.3 Å². The first-order chi connectivity index (χ1) is 11.1. The summed E-state index contributed by atoms with van der Waals surface area (Å²) in [6.07, 6.45) is 5.21. The molecule has 0 unspecified atom stereocenters. The van der Waals surface area contributed by atoms with Gasteiger partial charge in [0, 0.05) is 24.0 Å². The first-order valence-electron chi connectivity index (χ1n) is 7.78. The number of hydrogen-bond donors (Lipinski definition) is 1. The zero-order valence-electron chi connectivity index (χ0n) is 13.2. The van der Waals surface area contributed by atoms with Crippen LogP contribution in [0.25, 0.3) is 0 Å². The quantitative estimate of drug-likeness (QED) is 0.936. The minimum absolute atomic E-state index is 0.0774. The van der Waals surface area contributed by atoms with E-state index in [0.717, 1.165) is 41.8 Å². The van der Waals surface area contributed by atoms with Crippen LogP contribution in [0.5, 0.6) is 5.75 Å². The number of pyridine rings is 1. The highest BCUT2D eigenvalue weighted by Gasteiger charge is 2.20. The van der Waals surface area contributed by atoms with Crippen LogP contribution in [-0.4, -0.2) is 17.6 Å². The summed E-state index contributed by atoms with van der Waals surface area (Å²) in [6.45, 7) is 0.583. The Bertz CT molecular complexity index is 808. The molecule has 0 saturated carbocycles. The Labute approximate surface area is 134 Å². The van der Waals surface area contributed by atoms with Crippen LogP contribution < -0.4 is 15.9 Å². The van der Waals surface area contributed by atoms with Crippen molar-refractivity contribution in [3.8, 4) is 5.75 Å². The van der Waals surface area contributed by atoms with Gasteiger partial charge in [0.15, 0.2) is 5.43 Å². The van der Waals surface area contributed by atoms with Crippen molar-refractivity contribution in [2.45, 2.75) is 32.2 Å². The lowest BCUT2D eigenvalue weighted by Gasteiger charge is -2.22. The number of aromatic nitrogens is 1. The number of rotatable bonds is 4. The smallest absolute Gasteiger partial charge is 0.254 e. The van der Waals surface area contributed by atoms with Crippen LogP contribution in [0.3, 0.4) is 0 Å². The summed E-state index contributed by atoms with van der Waals surface area (Å²) in [6, 6.07) is 7.77. The van der Waals surface area contributed by atoms with E-state index in [9.17, 15) is 9.59 Å². The first kappa shape index (κ1) is 15.3. The fourth-order valence-corrected chi connectivity index (χ4v) is 3.19. The van der Waals surface area contributed by atoms with E-state index in [1.165, 1.54) is 0 Å².